The van der Waals surface area contributed by atoms with Crippen LogP contribution in [0.3, 0.4) is 0 Å². The van der Waals surface area contributed by atoms with Gasteiger partial charge in [-0.25, -0.2) is 4.39 Å². The van der Waals surface area contributed by atoms with Gasteiger partial charge in [0.1, 0.15) is 6.67 Å². The van der Waals surface area contributed by atoms with E-state index in [0.29, 0.717) is 12.1 Å². The molecule has 0 unspecified atom stereocenters. The Balaban J connectivity index is 2.80. The first-order valence-corrected chi connectivity index (χ1v) is 3.12. The van der Waals surface area contributed by atoms with Gasteiger partial charge in [0.25, 0.3) is 0 Å². The molecule has 2 N–H and O–H groups in total. The van der Waals surface area contributed by atoms with E-state index in [1.54, 1.807) is 12.1 Å². The lowest BCUT2D eigenvalue weighted by molar-refractivity contribution is 0.485. The molecule has 1 aromatic carbocycles. The minimum atomic E-state index is -0.454. The molecule has 0 saturated heterocycles. The van der Waals surface area contributed by atoms with Gasteiger partial charge >= 0.3 is 0 Å². The molecule has 0 fully saturated rings. The van der Waals surface area contributed by atoms with E-state index in [2.05, 4.69) is 6.07 Å². The van der Waals surface area contributed by atoms with Gasteiger partial charge in [-0.05, 0) is 23.3 Å². The molecule has 0 aliphatic carbocycles. The molecule has 2 heteroatoms. The molecule has 0 spiro atoms. The second-order valence-corrected chi connectivity index (χ2v) is 2.06. The third-order valence-corrected chi connectivity index (χ3v) is 1.32. The predicted octanol–water partition coefficient (Wildman–Crippen LogP) is 1.41. The highest BCUT2D eigenvalue weighted by Crippen LogP contribution is 2.03. The summed E-state index contributed by atoms with van der Waals surface area (Å²) < 4.78 is 11.9. The molecule has 0 amide bonds. The average Bonchev–Trinajstić information content (AvgIpc) is 2.05. The fourth-order valence-electron chi connectivity index (χ4n) is 0.699. The highest BCUT2D eigenvalue weighted by molar-refractivity contribution is 5.20. The zero-order valence-electron chi connectivity index (χ0n) is 5.60. The van der Waals surface area contributed by atoms with Gasteiger partial charge in [0.15, 0.2) is 0 Å². The molecule has 0 atom stereocenters. The first-order valence-electron chi connectivity index (χ1n) is 3.12. The van der Waals surface area contributed by atoms with E-state index in [9.17, 15) is 4.39 Å². The van der Waals surface area contributed by atoms with Crippen LogP contribution < -0.4 is 5.73 Å². The lowest BCUT2D eigenvalue weighted by Gasteiger charge is -1.95. The van der Waals surface area contributed by atoms with Crippen molar-refractivity contribution in [1.82, 2.24) is 0 Å². The zero-order chi connectivity index (χ0) is 7.40. The molecule has 0 bridgehead atoms. The van der Waals surface area contributed by atoms with Crippen LogP contribution >= 0.6 is 0 Å². The summed E-state index contributed by atoms with van der Waals surface area (Å²) in [7, 11) is 0. The Morgan fingerprint density at radius 1 is 1.50 bits per heavy atom. The number of benzene rings is 1. The monoisotopic (exact) mass is 138 g/mol. The summed E-state index contributed by atoms with van der Waals surface area (Å²) in [4.78, 5) is 0. The van der Waals surface area contributed by atoms with Crippen LogP contribution in [0.25, 0.3) is 0 Å². The Hall–Kier alpha value is -0.890. The van der Waals surface area contributed by atoms with Crippen LogP contribution in [-0.2, 0) is 13.2 Å². The summed E-state index contributed by atoms with van der Waals surface area (Å²) in [6.07, 6.45) is 0. The van der Waals surface area contributed by atoms with E-state index in [-0.39, 0.29) is 0 Å². The van der Waals surface area contributed by atoms with Gasteiger partial charge in [0, 0.05) is 6.54 Å². The molecule has 1 rings (SSSR count). The maximum Gasteiger partial charge on any atom is 0.115 e. The number of rotatable bonds is 2. The van der Waals surface area contributed by atoms with Crippen LogP contribution in [0.1, 0.15) is 11.1 Å². The van der Waals surface area contributed by atoms with E-state index in [0.717, 1.165) is 5.56 Å². The van der Waals surface area contributed by atoms with Crippen molar-refractivity contribution < 1.29 is 4.39 Å². The second-order valence-electron chi connectivity index (χ2n) is 2.06. The van der Waals surface area contributed by atoms with Gasteiger partial charge in [-0.3, -0.25) is 0 Å². The molecule has 1 nitrogen and oxygen atoms in total. The molecule has 1 aromatic rings. The Kier molecular flexibility index (Phi) is 2.40. The van der Waals surface area contributed by atoms with Crippen LogP contribution in [0.4, 0.5) is 4.39 Å². The van der Waals surface area contributed by atoms with Gasteiger partial charge in [0.05, 0.1) is 0 Å². The standard InChI is InChI=1S/C8H9FN/c9-5-7-1-3-8(6-10)4-2-7/h1,3-4H,5-6,10H2. The van der Waals surface area contributed by atoms with E-state index >= 15 is 0 Å². The third-order valence-electron chi connectivity index (χ3n) is 1.32. The molecule has 53 valence electrons. The quantitative estimate of drug-likeness (QED) is 0.657. The molecule has 10 heavy (non-hydrogen) atoms. The van der Waals surface area contributed by atoms with Crippen molar-refractivity contribution in [2.45, 2.75) is 13.2 Å². The van der Waals surface area contributed by atoms with Crippen LogP contribution in [0.5, 0.6) is 0 Å². The molecule has 0 aromatic heterocycles. The highest BCUT2D eigenvalue weighted by Gasteiger charge is 1.90. The average molecular weight is 138 g/mol. The van der Waals surface area contributed by atoms with E-state index in [1.165, 1.54) is 0 Å². The zero-order valence-corrected chi connectivity index (χ0v) is 5.60. The first kappa shape index (κ1) is 7.22. The summed E-state index contributed by atoms with van der Waals surface area (Å²) in [5.41, 5.74) is 6.89. The van der Waals surface area contributed by atoms with Gasteiger partial charge < -0.3 is 5.73 Å². The summed E-state index contributed by atoms with van der Waals surface area (Å²) in [5.74, 6) is 0. The number of alkyl halides is 1. The lowest BCUT2D eigenvalue weighted by Crippen LogP contribution is -1.95. The molecule has 0 heterocycles. The van der Waals surface area contributed by atoms with Crippen molar-refractivity contribution in [2.75, 3.05) is 0 Å². The fourth-order valence-corrected chi connectivity index (χ4v) is 0.699. The summed E-state index contributed by atoms with van der Waals surface area (Å²) in [6.45, 7) is 0.0356. The molecular formula is C8H9FN. The minimum Gasteiger partial charge on any atom is -0.326 e. The minimum absolute atomic E-state index is 0.454. The molecular weight excluding hydrogens is 129 g/mol. The van der Waals surface area contributed by atoms with Crippen molar-refractivity contribution in [1.29, 1.82) is 0 Å². The molecule has 1 radical (unpaired) electrons. The Morgan fingerprint density at radius 2 is 2.30 bits per heavy atom. The summed E-state index contributed by atoms with van der Waals surface area (Å²) in [6, 6.07) is 8.01. The number of hydrogen-bond donors (Lipinski definition) is 1. The molecule has 0 aliphatic rings. The Morgan fingerprint density at radius 3 is 2.70 bits per heavy atom. The van der Waals surface area contributed by atoms with Crippen LogP contribution in [0.15, 0.2) is 18.2 Å². The third kappa shape index (κ3) is 1.54. The maximum atomic E-state index is 11.9. The number of nitrogens with two attached hydrogens (primary N) is 1. The van der Waals surface area contributed by atoms with Crippen molar-refractivity contribution in [3.05, 3.63) is 35.4 Å². The maximum absolute atomic E-state index is 11.9. The summed E-state index contributed by atoms with van der Waals surface area (Å²) in [5, 5.41) is 0. The van der Waals surface area contributed by atoms with E-state index in [4.69, 9.17) is 5.73 Å². The predicted molar refractivity (Wildman–Crippen MR) is 38.0 cm³/mol. The second kappa shape index (κ2) is 3.32. The fraction of sp³-hybridized carbons (Fsp3) is 0.250. The van der Waals surface area contributed by atoms with Crippen molar-refractivity contribution in [2.24, 2.45) is 5.73 Å². The van der Waals surface area contributed by atoms with Gasteiger partial charge in [-0.15, -0.1) is 0 Å². The smallest absolute Gasteiger partial charge is 0.115 e. The number of hydrogen-bond acceptors (Lipinski definition) is 1. The van der Waals surface area contributed by atoms with Crippen molar-refractivity contribution in [3.63, 3.8) is 0 Å². The van der Waals surface area contributed by atoms with Crippen LogP contribution in [0.2, 0.25) is 0 Å². The highest BCUT2D eigenvalue weighted by atomic mass is 19.1. The van der Waals surface area contributed by atoms with Gasteiger partial charge in [-0.2, -0.15) is 0 Å². The van der Waals surface area contributed by atoms with Crippen LogP contribution in [0, 0.1) is 6.07 Å². The van der Waals surface area contributed by atoms with Crippen molar-refractivity contribution >= 4 is 0 Å². The van der Waals surface area contributed by atoms with Crippen molar-refractivity contribution in [3.8, 4) is 0 Å². The molecule has 0 aliphatic heterocycles. The molecule has 0 saturated carbocycles. The Labute approximate surface area is 59.7 Å². The lowest BCUT2D eigenvalue weighted by atomic mass is 10.1. The number of halogens is 1. The van der Waals surface area contributed by atoms with Gasteiger partial charge in [0.2, 0.25) is 0 Å². The first-order chi connectivity index (χ1) is 4.86. The Bertz CT molecular complexity index is 170. The summed E-state index contributed by atoms with van der Waals surface area (Å²) >= 11 is 0. The normalized spacial score (nSPS) is 9.80. The van der Waals surface area contributed by atoms with Crippen LogP contribution in [-0.4, -0.2) is 0 Å². The van der Waals surface area contributed by atoms with E-state index in [1.807, 2.05) is 6.07 Å². The largest absolute Gasteiger partial charge is 0.326 e. The topological polar surface area (TPSA) is 26.0 Å². The van der Waals surface area contributed by atoms with E-state index < -0.39 is 6.67 Å². The van der Waals surface area contributed by atoms with Gasteiger partial charge in [-0.1, -0.05) is 12.1 Å². The SMILES string of the molecule is NCc1c[c]c(CF)cc1.